The largest absolute Gasteiger partial charge is 0.354 e. The average Bonchev–Trinajstić information content (AvgIpc) is 2.84. The molecule has 2 heterocycles. The standard InChI is InChI=1S/C13H22N6O2/c1-4-14-13-15-7-11(19(20)21)12(16-13)18(3)9-10-5-6-17(2)8-10/h7,10H,4-6,8-9H2,1-3H3,(H,14,15,16). The number of aromatic nitrogens is 2. The van der Waals surface area contributed by atoms with Gasteiger partial charge in [-0.3, -0.25) is 10.1 Å². The maximum Gasteiger partial charge on any atom is 0.329 e. The van der Waals surface area contributed by atoms with Gasteiger partial charge in [0.05, 0.1) is 4.92 Å². The lowest BCUT2D eigenvalue weighted by molar-refractivity contribution is -0.384. The Morgan fingerprint density at radius 2 is 2.38 bits per heavy atom. The Balaban J connectivity index is 2.18. The van der Waals surface area contributed by atoms with Crippen molar-refractivity contribution in [3.63, 3.8) is 0 Å². The average molecular weight is 294 g/mol. The van der Waals surface area contributed by atoms with E-state index < -0.39 is 4.92 Å². The molecule has 1 aromatic rings. The van der Waals surface area contributed by atoms with Gasteiger partial charge >= 0.3 is 5.69 Å². The van der Waals surface area contributed by atoms with Crippen molar-refractivity contribution in [2.45, 2.75) is 13.3 Å². The molecule has 1 aromatic heterocycles. The second kappa shape index (κ2) is 6.66. The number of hydrogen-bond acceptors (Lipinski definition) is 7. The molecule has 21 heavy (non-hydrogen) atoms. The molecule has 0 saturated carbocycles. The van der Waals surface area contributed by atoms with Gasteiger partial charge in [0.15, 0.2) is 0 Å². The molecular formula is C13H22N6O2. The summed E-state index contributed by atoms with van der Waals surface area (Å²) >= 11 is 0. The fourth-order valence-corrected chi connectivity index (χ4v) is 2.67. The highest BCUT2D eigenvalue weighted by Gasteiger charge is 2.25. The Kier molecular flexibility index (Phi) is 4.89. The highest BCUT2D eigenvalue weighted by Crippen LogP contribution is 2.27. The first kappa shape index (κ1) is 15.4. The van der Waals surface area contributed by atoms with Crippen molar-refractivity contribution in [1.29, 1.82) is 0 Å². The fourth-order valence-electron chi connectivity index (χ4n) is 2.67. The summed E-state index contributed by atoms with van der Waals surface area (Å²) in [7, 11) is 3.94. The molecule has 0 aliphatic carbocycles. The highest BCUT2D eigenvalue weighted by molar-refractivity contribution is 5.58. The van der Waals surface area contributed by atoms with E-state index in [2.05, 4.69) is 27.2 Å². The molecule has 0 radical (unpaired) electrons. The predicted octanol–water partition coefficient (Wildman–Crippen LogP) is 1.20. The number of rotatable bonds is 6. The maximum absolute atomic E-state index is 11.2. The van der Waals surface area contributed by atoms with Crippen molar-refractivity contribution in [2.75, 3.05) is 50.5 Å². The first-order chi connectivity index (χ1) is 10.0. The van der Waals surface area contributed by atoms with Crippen LogP contribution in [0.25, 0.3) is 0 Å². The molecule has 0 amide bonds. The van der Waals surface area contributed by atoms with Crippen LogP contribution in [0.1, 0.15) is 13.3 Å². The molecule has 116 valence electrons. The second-order valence-electron chi connectivity index (χ2n) is 5.49. The van der Waals surface area contributed by atoms with Crippen LogP contribution in [0.2, 0.25) is 0 Å². The summed E-state index contributed by atoms with van der Waals surface area (Å²) in [5.41, 5.74) is -0.0505. The molecule has 1 aliphatic rings. The third-order valence-electron chi connectivity index (χ3n) is 3.66. The molecule has 1 aliphatic heterocycles. The first-order valence-electron chi connectivity index (χ1n) is 7.16. The number of hydrogen-bond donors (Lipinski definition) is 1. The predicted molar refractivity (Wildman–Crippen MR) is 81.7 cm³/mol. The van der Waals surface area contributed by atoms with Crippen LogP contribution in [0.15, 0.2) is 6.20 Å². The topological polar surface area (TPSA) is 87.4 Å². The van der Waals surface area contributed by atoms with Crippen LogP contribution in [0.4, 0.5) is 17.5 Å². The Morgan fingerprint density at radius 3 is 2.95 bits per heavy atom. The van der Waals surface area contributed by atoms with Crippen LogP contribution >= 0.6 is 0 Å². The summed E-state index contributed by atoms with van der Waals surface area (Å²) in [6.45, 7) is 5.46. The lowest BCUT2D eigenvalue weighted by Gasteiger charge is -2.22. The van der Waals surface area contributed by atoms with E-state index in [0.717, 1.165) is 26.1 Å². The fraction of sp³-hybridized carbons (Fsp3) is 0.692. The molecule has 0 aromatic carbocycles. The van der Waals surface area contributed by atoms with E-state index >= 15 is 0 Å². The van der Waals surface area contributed by atoms with E-state index in [-0.39, 0.29) is 5.69 Å². The van der Waals surface area contributed by atoms with E-state index in [1.165, 1.54) is 6.20 Å². The van der Waals surface area contributed by atoms with Gasteiger partial charge in [-0.2, -0.15) is 4.98 Å². The third-order valence-corrected chi connectivity index (χ3v) is 3.66. The van der Waals surface area contributed by atoms with Crippen LogP contribution in [0.5, 0.6) is 0 Å². The lowest BCUT2D eigenvalue weighted by Crippen LogP contribution is -2.28. The number of nitrogens with zero attached hydrogens (tertiary/aromatic N) is 5. The molecule has 1 atom stereocenters. The number of anilines is 2. The lowest BCUT2D eigenvalue weighted by atomic mass is 10.1. The molecule has 8 heteroatoms. The van der Waals surface area contributed by atoms with Crippen molar-refractivity contribution in [2.24, 2.45) is 5.92 Å². The van der Waals surface area contributed by atoms with E-state index in [0.29, 0.717) is 24.2 Å². The van der Waals surface area contributed by atoms with Gasteiger partial charge in [-0.05, 0) is 32.9 Å². The smallest absolute Gasteiger partial charge is 0.329 e. The van der Waals surface area contributed by atoms with Crippen LogP contribution < -0.4 is 10.2 Å². The van der Waals surface area contributed by atoms with E-state index in [1.54, 1.807) is 0 Å². The number of nitro groups is 1. The van der Waals surface area contributed by atoms with Gasteiger partial charge in [-0.25, -0.2) is 4.98 Å². The molecule has 1 fully saturated rings. The zero-order valence-corrected chi connectivity index (χ0v) is 12.7. The monoisotopic (exact) mass is 294 g/mol. The SMILES string of the molecule is CCNc1ncc([N+](=O)[O-])c(N(C)CC2CCN(C)C2)n1. The Bertz CT molecular complexity index is 509. The van der Waals surface area contributed by atoms with Crippen LogP contribution in [0.3, 0.4) is 0 Å². The molecule has 1 unspecified atom stereocenters. The van der Waals surface area contributed by atoms with Crippen LogP contribution in [0, 0.1) is 16.0 Å². The van der Waals surface area contributed by atoms with Gasteiger partial charge in [0.1, 0.15) is 6.20 Å². The molecule has 2 rings (SSSR count). The third kappa shape index (κ3) is 3.78. The molecular weight excluding hydrogens is 272 g/mol. The zero-order valence-electron chi connectivity index (χ0n) is 12.7. The summed E-state index contributed by atoms with van der Waals surface area (Å²) < 4.78 is 0. The van der Waals surface area contributed by atoms with Crippen molar-refractivity contribution in [1.82, 2.24) is 14.9 Å². The minimum Gasteiger partial charge on any atom is -0.354 e. The first-order valence-corrected chi connectivity index (χ1v) is 7.16. The van der Waals surface area contributed by atoms with Crippen molar-refractivity contribution in [3.05, 3.63) is 16.3 Å². The van der Waals surface area contributed by atoms with Crippen molar-refractivity contribution in [3.8, 4) is 0 Å². The number of likely N-dealkylation sites (tertiary alicyclic amines) is 1. The van der Waals surface area contributed by atoms with Gasteiger partial charge in [-0.1, -0.05) is 0 Å². The minimum atomic E-state index is -0.428. The molecule has 8 nitrogen and oxygen atoms in total. The maximum atomic E-state index is 11.2. The normalized spacial score (nSPS) is 18.7. The van der Waals surface area contributed by atoms with Gasteiger partial charge in [-0.15, -0.1) is 0 Å². The minimum absolute atomic E-state index is 0.0505. The molecule has 1 N–H and O–H groups in total. The van der Waals surface area contributed by atoms with Crippen molar-refractivity contribution >= 4 is 17.5 Å². The quantitative estimate of drug-likeness (QED) is 0.623. The molecule has 1 saturated heterocycles. The van der Waals surface area contributed by atoms with Gasteiger partial charge in [0, 0.05) is 26.7 Å². The van der Waals surface area contributed by atoms with Crippen LogP contribution in [-0.2, 0) is 0 Å². The van der Waals surface area contributed by atoms with Crippen molar-refractivity contribution < 1.29 is 4.92 Å². The Morgan fingerprint density at radius 1 is 1.62 bits per heavy atom. The van der Waals surface area contributed by atoms with E-state index in [1.807, 2.05) is 18.9 Å². The summed E-state index contributed by atoms with van der Waals surface area (Å²) in [5.74, 6) is 1.31. The van der Waals surface area contributed by atoms with Gasteiger partial charge in [0.2, 0.25) is 11.8 Å². The van der Waals surface area contributed by atoms with Gasteiger partial charge in [0.25, 0.3) is 0 Å². The van der Waals surface area contributed by atoms with Crippen LogP contribution in [-0.4, -0.2) is 60.1 Å². The number of nitrogens with one attached hydrogen (secondary N) is 1. The van der Waals surface area contributed by atoms with E-state index in [4.69, 9.17) is 0 Å². The molecule has 0 spiro atoms. The Labute approximate surface area is 124 Å². The molecule has 0 bridgehead atoms. The Hall–Kier alpha value is -1.96. The van der Waals surface area contributed by atoms with E-state index in [9.17, 15) is 10.1 Å². The zero-order chi connectivity index (χ0) is 15.4. The summed E-state index contributed by atoms with van der Waals surface area (Å²) in [4.78, 5) is 23.1. The summed E-state index contributed by atoms with van der Waals surface area (Å²) in [6, 6.07) is 0. The van der Waals surface area contributed by atoms with Gasteiger partial charge < -0.3 is 15.1 Å². The second-order valence-corrected chi connectivity index (χ2v) is 5.49. The highest BCUT2D eigenvalue weighted by atomic mass is 16.6. The summed E-state index contributed by atoms with van der Waals surface area (Å²) in [5, 5.41) is 14.1. The summed E-state index contributed by atoms with van der Waals surface area (Å²) in [6.07, 6.45) is 2.39.